The first kappa shape index (κ1) is 11.9. The molecule has 0 aromatic carbocycles. The van der Waals surface area contributed by atoms with Crippen LogP contribution in [0.2, 0.25) is 0 Å². The van der Waals surface area contributed by atoms with Crippen molar-refractivity contribution < 1.29 is 0 Å². The Balaban J connectivity index is 2.09. The average Bonchev–Trinajstić information content (AvgIpc) is 2.97. The summed E-state index contributed by atoms with van der Waals surface area (Å²) in [5.74, 6) is 0.820. The van der Waals surface area contributed by atoms with Crippen molar-refractivity contribution in [1.29, 1.82) is 0 Å². The van der Waals surface area contributed by atoms with Crippen molar-refractivity contribution >= 4 is 11.3 Å². The molecule has 1 fully saturated rings. The Morgan fingerprint density at radius 2 is 2.25 bits per heavy atom. The van der Waals surface area contributed by atoms with Gasteiger partial charge in [-0.3, -0.25) is 0 Å². The molecular weight excluding hydrogens is 214 g/mol. The van der Waals surface area contributed by atoms with E-state index < -0.39 is 0 Å². The summed E-state index contributed by atoms with van der Waals surface area (Å²) in [5, 5.41) is 5.88. The quantitative estimate of drug-likeness (QED) is 0.756. The van der Waals surface area contributed by atoms with E-state index in [4.69, 9.17) is 0 Å². The van der Waals surface area contributed by atoms with E-state index in [1.165, 1.54) is 30.6 Å². The minimum Gasteiger partial charge on any atom is -0.303 e. The molecule has 1 nitrogen and oxygen atoms in total. The molecule has 1 heterocycles. The third-order valence-electron chi connectivity index (χ3n) is 3.52. The minimum atomic E-state index is 0.396. The predicted octanol–water partition coefficient (Wildman–Crippen LogP) is 4.14. The van der Waals surface area contributed by atoms with Crippen LogP contribution in [0.4, 0.5) is 0 Å². The highest BCUT2D eigenvalue weighted by Crippen LogP contribution is 2.37. The fraction of sp³-hybridized carbons (Fsp3) is 0.571. The van der Waals surface area contributed by atoms with Crippen LogP contribution in [-0.2, 0) is 0 Å². The van der Waals surface area contributed by atoms with E-state index in [1.807, 2.05) is 17.4 Å². The molecule has 1 aliphatic carbocycles. The van der Waals surface area contributed by atoms with E-state index in [-0.39, 0.29) is 0 Å². The van der Waals surface area contributed by atoms with Gasteiger partial charge in [0.15, 0.2) is 0 Å². The second kappa shape index (κ2) is 5.65. The van der Waals surface area contributed by atoms with Gasteiger partial charge in [0.2, 0.25) is 0 Å². The second-order valence-electron chi connectivity index (χ2n) is 4.73. The first-order valence-corrected chi connectivity index (χ1v) is 7.11. The van der Waals surface area contributed by atoms with E-state index in [1.54, 1.807) is 0 Å². The zero-order valence-corrected chi connectivity index (χ0v) is 10.8. The van der Waals surface area contributed by atoms with Crippen LogP contribution < -0.4 is 5.32 Å². The third-order valence-corrected chi connectivity index (χ3v) is 4.47. The van der Waals surface area contributed by atoms with Crippen LogP contribution in [0.25, 0.3) is 0 Å². The molecule has 2 heteroatoms. The summed E-state index contributed by atoms with van der Waals surface area (Å²) >= 11 is 1.87. The molecule has 0 spiro atoms. The van der Waals surface area contributed by atoms with Gasteiger partial charge in [-0.2, -0.15) is 0 Å². The van der Waals surface area contributed by atoms with E-state index >= 15 is 0 Å². The summed E-state index contributed by atoms with van der Waals surface area (Å²) in [6.45, 7) is 6.05. The van der Waals surface area contributed by atoms with Crippen LogP contribution in [-0.4, -0.2) is 6.04 Å². The standard InChI is InChI=1S/C14H21NS/c1-3-11(2)15-14(12-7-4-5-8-12)13-9-6-10-16-13/h3,6,9-12,14-15H,1,4-5,7-8H2,2H3. The van der Waals surface area contributed by atoms with E-state index in [9.17, 15) is 0 Å². The Morgan fingerprint density at radius 1 is 1.50 bits per heavy atom. The van der Waals surface area contributed by atoms with Crippen molar-refractivity contribution in [2.45, 2.75) is 44.7 Å². The zero-order chi connectivity index (χ0) is 11.4. The Morgan fingerprint density at radius 3 is 2.81 bits per heavy atom. The fourth-order valence-electron chi connectivity index (χ4n) is 2.56. The molecule has 88 valence electrons. The lowest BCUT2D eigenvalue weighted by atomic mass is 9.96. The lowest BCUT2D eigenvalue weighted by Gasteiger charge is -2.26. The van der Waals surface area contributed by atoms with Crippen molar-refractivity contribution in [3.63, 3.8) is 0 Å². The molecule has 0 radical (unpaired) electrons. The van der Waals surface area contributed by atoms with Gasteiger partial charge in [0.05, 0.1) is 0 Å². The SMILES string of the molecule is C=CC(C)NC(c1cccs1)C1CCCC1. The van der Waals surface area contributed by atoms with Gasteiger partial charge in [-0.05, 0) is 37.1 Å². The molecule has 0 aliphatic heterocycles. The van der Waals surface area contributed by atoms with Gasteiger partial charge in [0.1, 0.15) is 0 Å². The van der Waals surface area contributed by atoms with Crippen LogP contribution in [0.1, 0.15) is 43.5 Å². The number of hydrogen-bond donors (Lipinski definition) is 1. The highest BCUT2D eigenvalue weighted by Gasteiger charge is 2.27. The number of rotatable bonds is 5. The van der Waals surface area contributed by atoms with Crippen LogP contribution in [0.15, 0.2) is 30.2 Å². The van der Waals surface area contributed by atoms with Crippen LogP contribution >= 0.6 is 11.3 Å². The molecule has 1 aliphatic rings. The Bertz CT molecular complexity index is 311. The van der Waals surface area contributed by atoms with Crippen molar-refractivity contribution in [3.05, 3.63) is 35.0 Å². The van der Waals surface area contributed by atoms with Crippen LogP contribution in [0, 0.1) is 5.92 Å². The Kier molecular flexibility index (Phi) is 4.19. The zero-order valence-electron chi connectivity index (χ0n) is 9.99. The first-order valence-electron chi connectivity index (χ1n) is 6.23. The van der Waals surface area contributed by atoms with Gasteiger partial charge in [-0.1, -0.05) is 25.0 Å². The molecule has 1 aromatic heterocycles. The van der Waals surface area contributed by atoms with E-state index in [2.05, 4.69) is 36.3 Å². The van der Waals surface area contributed by atoms with Gasteiger partial charge >= 0.3 is 0 Å². The summed E-state index contributed by atoms with van der Waals surface area (Å²) in [5.41, 5.74) is 0. The lowest BCUT2D eigenvalue weighted by molar-refractivity contribution is 0.359. The third kappa shape index (κ3) is 2.74. The van der Waals surface area contributed by atoms with Gasteiger partial charge in [-0.25, -0.2) is 0 Å². The van der Waals surface area contributed by atoms with Crippen LogP contribution in [0.5, 0.6) is 0 Å². The van der Waals surface area contributed by atoms with Gasteiger partial charge < -0.3 is 5.32 Å². The molecule has 1 saturated carbocycles. The molecular formula is C14H21NS. The van der Waals surface area contributed by atoms with Crippen molar-refractivity contribution in [3.8, 4) is 0 Å². The molecule has 0 saturated heterocycles. The molecule has 2 rings (SSSR count). The maximum Gasteiger partial charge on any atom is 0.0447 e. The normalized spacial score (nSPS) is 20.8. The highest BCUT2D eigenvalue weighted by atomic mass is 32.1. The molecule has 1 N–H and O–H groups in total. The van der Waals surface area contributed by atoms with E-state index in [0.717, 1.165) is 5.92 Å². The maximum absolute atomic E-state index is 3.86. The Labute approximate surface area is 103 Å². The molecule has 0 bridgehead atoms. The molecule has 2 unspecified atom stereocenters. The summed E-state index contributed by atoms with van der Waals surface area (Å²) in [6, 6.07) is 5.35. The topological polar surface area (TPSA) is 12.0 Å². The monoisotopic (exact) mass is 235 g/mol. The summed E-state index contributed by atoms with van der Waals surface area (Å²) < 4.78 is 0. The van der Waals surface area contributed by atoms with Gasteiger partial charge in [0, 0.05) is 17.0 Å². The second-order valence-corrected chi connectivity index (χ2v) is 5.71. The largest absolute Gasteiger partial charge is 0.303 e. The highest BCUT2D eigenvalue weighted by molar-refractivity contribution is 7.10. The van der Waals surface area contributed by atoms with Gasteiger partial charge in [0.25, 0.3) is 0 Å². The van der Waals surface area contributed by atoms with Crippen molar-refractivity contribution in [2.75, 3.05) is 0 Å². The van der Waals surface area contributed by atoms with Crippen molar-refractivity contribution in [1.82, 2.24) is 5.32 Å². The van der Waals surface area contributed by atoms with Crippen LogP contribution in [0.3, 0.4) is 0 Å². The summed E-state index contributed by atoms with van der Waals surface area (Å²) in [7, 11) is 0. The van der Waals surface area contributed by atoms with Crippen molar-refractivity contribution in [2.24, 2.45) is 5.92 Å². The number of nitrogens with one attached hydrogen (secondary N) is 1. The fourth-order valence-corrected chi connectivity index (χ4v) is 3.44. The Hall–Kier alpha value is -0.600. The molecule has 2 atom stereocenters. The van der Waals surface area contributed by atoms with Gasteiger partial charge in [-0.15, -0.1) is 17.9 Å². The number of hydrogen-bond acceptors (Lipinski definition) is 2. The predicted molar refractivity (Wildman–Crippen MR) is 71.8 cm³/mol. The number of thiophene rings is 1. The first-order chi connectivity index (χ1) is 7.81. The summed E-state index contributed by atoms with van der Waals surface area (Å²) in [6.07, 6.45) is 7.54. The molecule has 1 aromatic rings. The average molecular weight is 235 g/mol. The summed E-state index contributed by atoms with van der Waals surface area (Å²) in [4.78, 5) is 1.49. The molecule has 0 amide bonds. The minimum absolute atomic E-state index is 0.396. The lowest BCUT2D eigenvalue weighted by Crippen LogP contribution is -2.32. The smallest absolute Gasteiger partial charge is 0.0447 e. The molecule has 16 heavy (non-hydrogen) atoms. The van der Waals surface area contributed by atoms with E-state index in [0.29, 0.717) is 12.1 Å². The maximum atomic E-state index is 3.86.